The van der Waals surface area contributed by atoms with Crippen LogP contribution in [0.1, 0.15) is 40.0 Å². The van der Waals surface area contributed by atoms with Crippen LogP contribution in [-0.2, 0) is 0 Å². The molecule has 0 spiro atoms. The first-order chi connectivity index (χ1) is 5.41. The zero-order chi connectivity index (χ0) is 9.35. The summed E-state index contributed by atoms with van der Waals surface area (Å²) in [6.07, 6.45) is 3.49. The van der Waals surface area contributed by atoms with Crippen molar-refractivity contribution in [2.75, 3.05) is 0 Å². The summed E-state index contributed by atoms with van der Waals surface area (Å²) in [5.74, 6) is 1.52. The number of nitrogens with two attached hydrogens (primary N) is 1. The summed E-state index contributed by atoms with van der Waals surface area (Å²) in [4.78, 5) is 0. The highest BCUT2D eigenvalue weighted by atomic mass is 14.7. The number of nitrogens with one attached hydrogen (secondary N) is 1. The van der Waals surface area contributed by atoms with Gasteiger partial charge in [0.2, 0.25) is 0 Å². The Morgan fingerprint density at radius 2 is 1.92 bits per heavy atom. The van der Waals surface area contributed by atoms with Crippen LogP contribution in [0.5, 0.6) is 0 Å². The highest BCUT2D eigenvalue weighted by Crippen LogP contribution is 2.41. The van der Waals surface area contributed by atoms with E-state index >= 15 is 0 Å². The van der Waals surface area contributed by atoms with Gasteiger partial charge in [-0.15, -0.1) is 0 Å². The van der Waals surface area contributed by atoms with Crippen molar-refractivity contribution in [3.8, 4) is 0 Å². The van der Waals surface area contributed by atoms with E-state index < -0.39 is 0 Å². The van der Waals surface area contributed by atoms with E-state index in [9.17, 15) is 0 Å². The van der Waals surface area contributed by atoms with E-state index in [4.69, 9.17) is 11.1 Å². The van der Waals surface area contributed by atoms with Crippen LogP contribution in [0.4, 0.5) is 0 Å². The maximum atomic E-state index is 7.36. The second-order valence-electron chi connectivity index (χ2n) is 5.03. The van der Waals surface area contributed by atoms with E-state index in [1.807, 2.05) is 0 Å². The van der Waals surface area contributed by atoms with Gasteiger partial charge in [0.25, 0.3) is 0 Å². The fraction of sp³-hybridized carbons (Fsp3) is 0.900. The second kappa shape index (κ2) is 3.08. The lowest BCUT2D eigenvalue weighted by Gasteiger charge is -2.26. The van der Waals surface area contributed by atoms with Crippen LogP contribution in [0.2, 0.25) is 0 Å². The lowest BCUT2D eigenvalue weighted by atomic mass is 9.79. The van der Waals surface area contributed by atoms with Crippen LogP contribution in [0, 0.1) is 22.7 Å². The van der Waals surface area contributed by atoms with Crippen molar-refractivity contribution in [3.63, 3.8) is 0 Å². The normalized spacial score (nSPS) is 30.6. The third kappa shape index (κ3) is 1.99. The van der Waals surface area contributed by atoms with Crippen LogP contribution in [-0.4, -0.2) is 5.84 Å². The minimum atomic E-state index is 0.370. The highest BCUT2D eigenvalue weighted by molar-refractivity contribution is 5.79. The van der Waals surface area contributed by atoms with Crippen molar-refractivity contribution in [1.29, 1.82) is 5.41 Å². The van der Waals surface area contributed by atoms with Crippen LogP contribution >= 0.6 is 0 Å². The molecule has 0 aliphatic heterocycles. The molecule has 1 rings (SSSR count). The van der Waals surface area contributed by atoms with Gasteiger partial charge in [0.05, 0.1) is 5.84 Å². The molecule has 0 radical (unpaired) electrons. The van der Waals surface area contributed by atoms with Crippen molar-refractivity contribution in [2.24, 2.45) is 23.0 Å². The quantitative estimate of drug-likeness (QED) is 0.458. The molecular weight excluding hydrogens is 148 g/mol. The molecule has 0 aromatic carbocycles. The minimum Gasteiger partial charge on any atom is -0.387 e. The molecule has 2 heteroatoms. The van der Waals surface area contributed by atoms with Crippen LogP contribution in [0.15, 0.2) is 0 Å². The van der Waals surface area contributed by atoms with Gasteiger partial charge in [0.15, 0.2) is 0 Å². The molecule has 12 heavy (non-hydrogen) atoms. The molecule has 2 nitrogen and oxygen atoms in total. The number of rotatable bonds is 1. The average Bonchev–Trinajstić information content (AvgIpc) is 2.30. The Balaban J connectivity index is 2.51. The Morgan fingerprint density at radius 1 is 1.33 bits per heavy atom. The zero-order valence-electron chi connectivity index (χ0n) is 8.35. The van der Waals surface area contributed by atoms with Crippen molar-refractivity contribution in [3.05, 3.63) is 0 Å². The summed E-state index contributed by atoms with van der Waals surface area (Å²) in [5, 5.41) is 7.36. The lowest BCUT2D eigenvalue weighted by molar-refractivity contribution is 0.243. The van der Waals surface area contributed by atoms with Crippen molar-refractivity contribution in [2.45, 2.75) is 40.0 Å². The molecule has 70 valence electrons. The summed E-state index contributed by atoms with van der Waals surface area (Å²) in [5.41, 5.74) is 5.88. The zero-order valence-corrected chi connectivity index (χ0v) is 8.35. The van der Waals surface area contributed by atoms with Crippen LogP contribution < -0.4 is 5.73 Å². The van der Waals surface area contributed by atoms with E-state index in [-0.39, 0.29) is 0 Å². The topological polar surface area (TPSA) is 49.9 Å². The molecular formula is C10H20N2. The van der Waals surface area contributed by atoms with Crippen LogP contribution in [0.3, 0.4) is 0 Å². The standard InChI is InChI=1S/C10H20N2/c1-10(2,3)8-5-4-7(6-8)9(11)12/h7-8H,4-6H2,1-3H3,(H3,11,12). The maximum Gasteiger partial charge on any atom is 0.0937 e. The predicted molar refractivity (Wildman–Crippen MR) is 52.2 cm³/mol. The van der Waals surface area contributed by atoms with Crippen LogP contribution in [0.25, 0.3) is 0 Å². The molecule has 2 atom stereocenters. The first kappa shape index (κ1) is 9.56. The molecule has 1 aliphatic rings. The summed E-state index contributed by atoms with van der Waals surface area (Å²) in [7, 11) is 0. The Labute approximate surface area is 75.0 Å². The van der Waals surface area contributed by atoms with Gasteiger partial charge >= 0.3 is 0 Å². The van der Waals surface area contributed by atoms with Gasteiger partial charge in [-0.1, -0.05) is 20.8 Å². The van der Waals surface area contributed by atoms with Gasteiger partial charge in [-0.2, -0.15) is 0 Å². The van der Waals surface area contributed by atoms with Gasteiger partial charge in [-0.25, -0.2) is 0 Å². The predicted octanol–water partition coefficient (Wildman–Crippen LogP) is 2.38. The van der Waals surface area contributed by atoms with E-state index in [0.29, 0.717) is 17.2 Å². The van der Waals surface area contributed by atoms with Gasteiger partial charge < -0.3 is 5.73 Å². The first-order valence-electron chi connectivity index (χ1n) is 4.75. The Hall–Kier alpha value is -0.530. The van der Waals surface area contributed by atoms with Gasteiger partial charge in [0.1, 0.15) is 0 Å². The van der Waals surface area contributed by atoms with Crippen molar-refractivity contribution < 1.29 is 0 Å². The van der Waals surface area contributed by atoms with Crippen molar-refractivity contribution in [1.82, 2.24) is 0 Å². The summed E-state index contributed by atoms with van der Waals surface area (Å²) in [6, 6.07) is 0. The maximum absolute atomic E-state index is 7.36. The van der Waals surface area contributed by atoms with E-state index in [2.05, 4.69) is 20.8 Å². The van der Waals surface area contributed by atoms with E-state index in [0.717, 1.165) is 18.8 Å². The fourth-order valence-corrected chi connectivity index (χ4v) is 2.05. The molecule has 2 unspecified atom stereocenters. The third-order valence-electron chi connectivity index (χ3n) is 3.10. The molecule has 1 aliphatic carbocycles. The Kier molecular flexibility index (Phi) is 2.45. The average molecular weight is 168 g/mol. The number of amidine groups is 1. The Morgan fingerprint density at radius 3 is 2.17 bits per heavy atom. The Bertz CT molecular complexity index is 179. The molecule has 1 saturated carbocycles. The van der Waals surface area contributed by atoms with E-state index in [1.54, 1.807) is 0 Å². The first-order valence-corrected chi connectivity index (χ1v) is 4.75. The molecule has 0 aromatic heterocycles. The second-order valence-corrected chi connectivity index (χ2v) is 5.03. The summed E-state index contributed by atoms with van der Waals surface area (Å²) >= 11 is 0. The molecule has 3 N–H and O–H groups in total. The summed E-state index contributed by atoms with van der Waals surface area (Å²) < 4.78 is 0. The van der Waals surface area contributed by atoms with Gasteiger partial charge in [-0.3, -0.25) is 5.41 Å². The molecule has 1 fully saturated rings. The van der Waals surface area contributed by atoms with Crippen molar-refractivity contribution >= 4 is 5.84 Å². The van der Waals surface area contributed by atoms with Gasteiger partial charge in [-0.05, 0) is 30.6 Å². The molecule has 0 amide bonds. The number of hydrogen-bond donors (Lipinski definition) is 2. The molecule has 0 bridgehead atoms. The lowest BCUT2D eigenvalue weighted by Crippen LogP contribution is -2.22. The monoisotopic (exact) mass is 168 g/mol. The fourth-order valence-electron chi connectivity index (χ4n) is 2.05. The SMILES string of the molecule is CC(C)(C)C1CCC(C(=N)N)C1. The number of hydrogen-bond acceptors (Lipinski definition) is 1. The molecule has 0 heterocycles. The molecule has 0 saturated heterocycles. The minimum absolute atomic E-state index is 0.370. The smallest absolute Gasteiger partial charge is 0.0937 e. The molecule has 0 aromatic rings. The largest absolute Gasteiger partial charge is 0.387 e. The summed E-state index contributed by atoms with van der Waals surface area (Å²) in [6.45, 7) is 6.83. The van der Waals surface area contributed by atoms with E-state index in [1.165, 1.54) is 6.42 Å². The third-order valence-corrected chi connectivity index (χ3v) is 3.10. The van der Waals surface area contributed by atoms with Gasteiger partial charge in [0, 0.05) is 5.92 Å². The highest BCUT2D eigenvalue weighted by Gasteiger charge is 2.33.